The summed E-state index contributed by atoms with van der Waals surface area (Å²) in [4.78, 5) is 23.1. The molecule has 2 aromatic rings. The molecule has 0 fully saturated rings. The van der Waals surface area contributed by atoms with E-state index in [1.54, 1.807) is 30.3 Å². The molecule has 0 atom stereocenters. The van der Waals surface area contributed by atoms with Gasteiger partial charge < -0.3 is 20.1 Å². The molecule has 0 spiro atoms. The Morgan fingerprint density at radius 3 is 2.30 bits per heavy atom. The standard InChI is InChI=1S/C17H16N2O4/c1-11(20)18-13-3-5-14(6-4-13)19-17(21)9-12-2-7-15-16(8-12)23-10-22-15/h2-8H,9-10H2,1H3,(H,18,20)(H,19,21). The Labute approximate surface area is 133 Å². The first-order valence-corrected chi connectivity index (χ1v) is 7.16. The van der Waals surface area contributed by atoms with Crippen LogP contribution in [0.3, 0.4) is 0 Å². The molecule has 1 aliphatic rings. The lowest BCUT2D eigenvalue weighted by atomic mass is 10.1. The van der Waals surface area contributed by atoms with Crippen LogP contribution in [0.2, 0.25) is 0 Å². The van der Waals surface area contributed by atoms with E-state index in [2.05, 4.69) is 10.6 Å². The average Bonchev–Trinajstić information content (AvgIpc) is 2.96. The Balaban J connectivity index is 1.59. The second kappa shape index (κ2) is 6.39. The van der Waals surface area contributed by atoms with Crippen molar-refractivity contribution in [1.82, 2.24) is 0 Å². The summed E-state index contributed by atoms with van der Waals surface area (Å²) < 4.78 is 10.5. The minimum atomic E-state index is -0.135. The number of ether oxygens (including phenoxy) is 2. The highest BCUT2D eigenvalue weighted by Gasteiger charge is 2.14. The van der Waals surface area contributed by atoms with Crippen molar-refractivity contribution in [2.24, 2.45) is 0 Å². The summed E-state index contributed by atoms with van der Waals surface area (Å²) in [5.41, 5.74) is 2.21. The molecule has 0 radical (unpaired) electrons. The smallest absolute Gasteiger partial charge is 0.231 e. The molecule has 23 heavy (non-hydrogen) atoms. The van der Waals surface area contributed by atoms with E-state index in [-0.39, 0.29) is 25.0 Å². The minimum absolute atomic E-state index is 0.129. The fraction of sp³-hybridized carbons (Fsp3) is 0.176. The SMILES string of the molecule is CC(=O)Nc1ccc(NC(=O)Cc2ccc3c(c2)OCO3)cc1. The molecule has 0 aromatic heterocycles. The molecule has 1 aliphatic heterocycles. The van der Waals surface area contributed by atoms with Crippen LogP contribution in [0, 0.1) is 0 Å². The third kappa shape index (κ3) is 3.79. The number of fused-ring (bicyclic) bond motifs is 1. The van der Waals surface area contributed by atoms with Crippen molar-refractivity contribution in [1.29, 1.82) is 0 Å². The number of carbonyl (C=O) groups excluding carboxylic acids is 2. The fourth-order valence-corrected chi connectivity index (χ4v) is 2.28. The van der Waals surface area contributed by atoms with Crippen molar-refractivity contribution in [3.63, 3.8) is 0 Å². The summed E-state index contributed by atoms with van der Waals surface area (Å²) in [5, 5.41) is 5.49. The second-order valence-corrected chi connectivity index (χ2v) is 5.17. The molecule has 1 heterocycles. The monoisotopic (exact) mass is 312 g/mol. The van der Waals surface area contributed by atoms with Gasteiger partial charge in [0.2, 0.25) is 18.6 Å². The van der Waals surface area contributed by atoms with E-state index in [1.807, 2.05) is 12.1 Å². The van der Waals surface area contributed by atoms with Crippen molar-refractivity contribution in [3.05, 3.63) is 48.0 Å². The van der Waals surface area contributed by atoms with Crippen LogP contribution in [-0.4, -0.2) is 18.6 Å². The van der Waals surface area contributed by atoms with Gasteiger partial charge in [-0.3, -0.25) is 9.59 Å². The van der Waals surface area contributed by atoms with Crippen molar-refractivity contribution in [3.8, 4) is 11.5 Å². The van der Waals surface area contributed by atoms with Gasteiger partial charge in [0.1, 0.15) is 0 Å². The Bertz CT molecular complexity index is 741. The highest BCUT2D eigenvalue weighted by atomic mass is 16.7. The molecular formula is C17H16N2O4. The van der Waals surface area contributed by atoms with E-state index < -0.39 is 0 Å². The summed E-state index contributed by atoms with van der Waals surface area (Å²) in [6.45, 7) is 1.66. The minimum Gasteiger partial charge on any atom is -0.454 e. The maximum atomic E-state index is 12.1. The predicted molar refractivity (Wildman–Crippen MR) is 85.6 cm³/mol. The Morgan fingerprint density at radius 2 is 1.61 bits per heavy atom. The molecule has 3 rings (SSSR count). The van der Waals surface area contributed by atoms with E-state index in [9.17, 15) is 9.59 Å². The number of amides is 2. The molecule has 2 aromatic carbocycles. The maximum absolute atomic E-state index is 12.1. The van der Waals surface area contributed by atoms with Crippen LogP contribution in [0.15, 0.2) is 42.5 Å². The van der Waals surface area contributed by atoms with Crippen LogP contribution in [0.4, 0.5) is 11.4 Å². The summed E-state index contributed by atoms with van der Waals surface area (Å²) in [5.74, 6) is 1.10. The molecule has 0 saturated heterocycles. The Kier molecular flexibility index (Phi) is 4.14. The molecule has 2 amide bonds. The lowest BCUT2D eigenvalue weighted by Crippen LogP contribution is -2.14. The zero-order chi connectivity index (χ0) is 16.2. The summed E-state index contributed by atoms with van der Waals surface area (Å²) >= 11 is 0. The van der Waals surface area contributed by atoms with Crippen LogP contribution in [-0.2, 0) is 16.0 Å². The number of rotatable bonds is 4. The van der Waals surface area contributed by atoms with Gasteiger partial charge in [-0.15, -0.1) is 0 Å². The lowest BCUT2D eigenvalue weighted by Gasteiger charge is -2.07. The van der Waals surface area contributed by atoms with E-state index in [0.29, 0.717) is 22.9 Å². The van der Waals surface area contributed by atoms with E-state index in [1.165, 1.54) is 6.92 Å². The highest BCUT2D eigenvalue weighted by molar-refractivity contribution is 5.93. The van der Waals surface area contributed by atoms with Gasteiger partial charge in [0.05, 0.1) is 6.42 Å². The van der Waals surface area contributed by atoms with Crippen molar-refractivity contribution in [2.45, 2.75) is 13.3 Å². The molecule has 118 valence electrons. The van der Waals surface area contributed by atoms with Crippen LogP contribution in [0.5, 0.6) is 11.5 Å². The number of hydrogen-bond acceptors (Lipinski definition) is 4. The molecule has 6 nitrogen and oxygen atoms in total. The van der Waals surface area contributed by atoms with Crippen molar-refractivity contribution >= 4 is 23.2 Å². The maximum Gasteiger partial charge on any atom is 0.231 e. The fourth-order valence-electron chi connectivity index (χ4n) is 2.28. The largest absolute Gasteiger partial charge is 0.454 e. The predicted octanol–water partition coefficient (Wildman–Crippen LogP) is 2.55. The quantitative estimate of drug-likeness (QED) is 0.909. The summed E-state index contributed by atoms with van der Waals surface area (Å²) in [6, 6.07) is 12.4. The third-order valence-electron chi connectivity index (χ3n) is 3.29. The van der Waals surface area contributed by atoms with Gasteiger partial charge in [-0.1, -0.05) is 6.07 Å². The molecule has 6 heteroatoms. The van der Waals surface area contributed by atoms with Gasteiger partial charge in [-0.2, -0.15) is 0 Å². The third-order valence-corrected chi connectivity index (χ3v) is 3.29. The number of anilines is 2. The van der Waals surface area contributed by atoms with Crippen LogP contribution >= 0.6 is 0 Å². The van der Waals surface area contributed by atoms with Crippen molar-refractivity contribution < 1.29 is 19.1 Å². The molecule has 0 saturated carbocycles. The Hall–Kier alpha value is -3.02. The average molecular weight is 312 g/mol. The molecular weight excluding hydrogens is 296 g/mol. The number of carbonyl (C=O) groups is 2. The molecule has 2 N–H and O–H groups in total. The van der Waals surface area contributed by atoms with Gasteiger partial charge in [-0.05, 0) is 42.0 Å². The molecule has 0 aliphatic carbocycles. The zero-order valence-corrected chi connectivity index (χ0v) is 12.6. The van der Waals surface area contributed by atoms with Crippen LogP contribution < -0.4 is 20.1 Å². The first-order valence-electron chi connectivity index (χ1n) is 7.16. The number of benzene rings is 2. The number of nitrogens with one attached hydrogen (secondary N) is 2. The van der Waals surface area contributed by atoms with Gasteiger partial charge in [0.15, 0.2) is 11.5 Å². The zero-order valence-electron chi connectivity index (χ0n) is 12.6. The van der Waals surface area contributed by atoms with Crippen molar-refractivity contribution in [2.75, 3.05) is 17.4 Å². The number of hydrogen-bond donors (Lipinski definition) is 2. The van der Waals surface area contributed by atoms with Gasteiger partial charge in [-0.25, -0.2) is 0 Å². The molecule has 0 unspecified atom stereocenters. The van der Waals surface area contributed by atoms with E-state index in [4.69, 9.17) is 9.47 Å². The van der Waals surface area contributed by atoms with E-state index >= 15 is 0 Å². The summed E-state index contributed by atoms with van der Waals surface area (Å²) in [6.07, 6.45) is 0.240. The normalized spacial score (nSPS) is 11.9. The highest BCUT2D eigenvalue weighted by Crippen LogP contribution is 2.32. The Morgan fingerprint density at radius 1 is 0.957 bits per heavy atom. The molecule has 0 bridgehead atoms. The van der Waals surface area contributed by atoms with Gasteiger partial charge >= 0.3 is 0 Å². The second-order valence-electron chi connectivity index (χ2n) is 5.17. The van der Waals surface area contributed by atoms with Crippen LogP contribution in [0.25, 0.3) is 0 Å². The first-order chi connectivity index (χ1) is 11.1. The topological polar surface area (TPSA) is 76.7 Å². The van der Waals surface area contributed by atoms with Gasteiger partial charge in [0.25, 0.3) is 0 Å². The lowest BCUT2D eigenvalue weighted by molar-refractivity contribution is -0.116. The van der Waals surface area contributed by atoms with Crippen LogP contribution in [0.1, 0.15) is 12.5 Å². The first kappa shape index (κ1) is 14.9. The van der Waals surface area contributed by atoms with Gasteiger partial charge in [0, 0.05) is 18.3 Å². The van der Waals surface area contributed by atoms with E-state index in [0.717, 1.165) is 5.56 Å². The summed E-state index contributed by atoms with van der Waals surface area (Å²) in [7, 11) is 0.